The van der Waals surface area contributed by atoms with Crippen LogP contribution in [0.2, 0.25) is 0 Å². The first-order valence-corrected chi connectivity index (χ1v) is 5.45. The van der Waals surface area contributed by atoms with E-state index in [1.54, 1.807) is 4.90 Å². The van der Waals surface area contributed by atoms with Gasteiger partial charge in [0.1, 0.15) is 6.61 Å². The number of hydrogen-bond donors (Lipinski definition) is 1. The summed E-state index contributed by atoms with van der Waals surface area (Å²) in [4.78, 5) is 13.1. The molecule has 0 saturated carbocycles. The number of halogens is 3. The molecule has 4 nitrogen and oxygen atoms in total. The topological polar surface area (TPSA) is 49.8 Å². The van der Waals surface area contributed by atoms with Crippen LogP contribution >= 0.6 is 0 Å². The van der Waals surface area contributed by atoms with Crippen molar-refractivity contribution in [2.24, 2.45) is 5.92 Å². The molecule has 0 aliphatic carbocycles. The summed E-state index contributed by atoms with van der Waals surface area (Å²) in [6, 6.07) is 0. The largest absolute Gasteiger partial charge is 0.411 e. The molecule has 1 unspecified atom stereocenters. The Bertz CT molecular complexity index is 258. The summed E-state index contributed by atoms with van der Waals surface area (Å²) < 4.78 is 39.5. The van der Waals surface area contributed by atoms with Crippen molar-refractivity contribution in [3.8, 4) is 0 Å². The molecule has 1 rings (SSSR count). The highest BCUT2D eigenvalue weighted by Crippen LogP contribution is 2.17. The van der Waals surface area contributed by atoms with E-state index >= 15 is 0 Å². The predicted molar refractivity (Wildman–Crippen MR) is 53.3 cm³/mol. The Morgan fingerprint density at radius 3 is 2.71 bits per heavy atom. The molecule has 17 heavy (non-hydrogen) atoms. The summed E-state index contributed by atoms with van der Waals surface area (Å²) >= 11 is 0. The zero-order valence-corrected chi connectivity index (χ0v) is 9.37. The van der Waals surface area contributed by atoms with Crippen molar-refractivity contribution in [2.75, 3.05) is 32.9 Å². The van der Waals surface area contributed by atoms with Crippen LogP contribution in [-0.4, -0.2) is 55.0 Å². The minimum atomic E-state index is -4.35. The molecule has 1 N–H and O–H groups in total. The quantitative estimate of drug-likeness (QED) is 0.739. The minimum Gasteiger partial charge on any atom is -0.396 e. The Labute approximate surface area is 97.3 Å². The molecule has 0 aromatic rings. The first-order valence-electron chi connectivity index (χ1n) is 5.45. The number of carbonyl (C=O) groups is 1. The van der Waals surface area contributed by atoms with Gasteiger partial charge in [0.2, 0.25) is 5.91 Å². The summed E-state index contributed by atoms with van der Waals surface area (Å²) in [5, 5.41) is 8.88. The highest BCUT2D eigenvalue weighted by atomic mass is 19.4. The van der Waals surface area contributed by atoms with E-state index in [4.69, 9.17) is 5.11 Å². The molecule has 1 aliphatic heterocycles. The van der Waals surface area contributed by atoms with E-state index in [2.05, 4.69) is 4.74 Å². The van der Waals surface area contributed by atoms with E-state index in [1.807, 2.05) is 0 Å². The Morgan fingerprint density at radius 2 is 2.18 bits per heavy atom. The van der Waals surface area contributed by atoms with Crippen molar-refractivity contribution in [1.29, 1.82) is 0 Å². The van der Waals surface area contributed by atoms with Crippen LogP contribution in [-0.2, 0) is 9.53 Å². The maximum atomic E-state index is 11.7. The van der Waals surface area contributed by atoms with E-state index in [9.17, 15) is 18.0 Å². The van der Waals surface area contributed by atoms with Gasteiger partial charge < -0.3 is 14.7 Å². The van der Waals surface area contributed by atoms with Gasteiger partial charge in [0.15, 0.2) is 0 Å². The van der Waals surface area contributed by atoms with Crippen LogP contribution in [0.25, 0.3) is 0 Å². The molecule has 1 heterocycles. The smallest absolute Gasteiger partial charge is 0.396 e. The van der Waals surface area contributed by atoms with Crippen LogP contribution in [0.5, 0.6) is 0 Å². The molecule has 1 saturated heterocycles. The van der Waals surface area contributed by atoms with Gasteiger partial charge in [-0.1, -0.05) is 0 Å². The minimum absolute atomic E-state index is 0.0361. The fraction of sp³-hybridized carbons (Fsp3) is 0.900. The number of likely N-dealkylation sites (tertiary alicyclic amines) is 1. The summed E-state index contributed by atoms with van der Waals surface area (Å²) in [6.45, 7) is -0.468. The maximum Gasteiger partial charge on any atom is 0.411 e. The van der Waals surface area contributed by atoms with Gasteiger partial charge >= 0.3 is 6.18 Å². The molecule has 0 radical (unpaired) electrons. The van der Waals surface area contributed by atoms with Crippen LogP contribution in [0.15, 0.2) is 0 Å². The van der Waals surface area contributed by atoms with Gasteiger partial charge in [-0.3, -0.25) is 4.79 Å². The van der Waals surface area contributed by atoms with Crippen molar-refractivity contribution < 1.29 is 27.8 Å². The Kier molecular flexibility index (Phi) is 5.20. The van der Waals surface area contributed by atoms with Crippen LogP contribution in [0.3, 0.4) is 0 Å². The van der Waals surface area contributed by atoms with Crippen molar-refractivity contribution in [2.45, 2.75) is 19.0 Å². The third kappa shape index (κ3) is 5.36. The number of amides is 1. The SMILES string of the molecule is O=C(CCOCC(F)(F)F)N1CCC(CO)C1. The fourth-order valence-corrected chi connectivity index (χ4v) is 1.71. The second-order valence-corrected chi connectivity index (χ2v) is 4.09. The molecule has 100 valence electrons. The van der Waals surface area contributed by atoms with Gasteiger partial charge in [0.25, 0.3) is 0 Å². The molecule has 0 aromatic heterocycles. The highest BCUT2D eigenvalue weighted by Gasteiger charge is 2.28. The summed E-state index contributed by atoms with van der Waals surface area (Å²) in [6.07, 6.45) is -3.65. The number of aliphatic hydroxyl groups excluding tert-OH is 1. The summed E-state index contributed by atoms with van der Waals surface area (Å²) in [7, 11) is 0. The van der Waals surface area contributed by atoms with Crippen molar-refractivity contribution >= 4 is 5.91 Å². The third-order valence-corrected chi connectivity index (χ3v) is 2.62. The second-order valence-electron chi connectivity index (χ2n) is 4.09. The normalized spacial score (nSPS) is 20.9. The number of alkyl halides is 3. The van der Waals surface area contributed by atoms with Gasteiger partial charge in [-0.25, -0.2) is 0 Å². The number of rotatable bonds is 5. The lowest BCUT2D eigenvalue weighted by molar-refractivity contribution is -0.175. The molecule has 0 aromatic carbocycles. The molecule has 0 bridgehead atoms. The van der Waals surface area contributed by atoms with Gasteiger partial charge in [-0.15, -0.1) is 0 Å². The van der Waals surface area contributed by atoms with Crippen LogP contribution in [0.1, 0.15) is 12.8 Å². The Balaban J connectivity index is 2.14. The molecule has 1 atom stereocenters. The zero-order chi connectivity index (χ0) is 12.9. The van der Waals surface area contributed by atoms with Crippen molar-refractivity contribution in [1.82, 2.24) is 4.90 Å². The second kappa shape index (κ2) is 6.20. The van der Waals surface area contributed by atoms with E-state index in [-0.39, 0.29) is 31.5 Å². The van der Waals surface area contributed by atoms with E-state index in [0.717, 1.165) is 6.42 Å². The number of aliphatic hydroxyl groups is 1. The van der Waals surface area contributed by atoms with E-state index in [1.165, 1.54) is 0 Å². The van der Waals surface area contributed by atoms with Gasteiger partial charge in [0, 0.05) is 25.6 Å². The zero-order valence-electron chi connectivity index (χ0n) is 9.37. The molecule has 0 spiro atoms. The molecule has 1 fully saturated rings. The fourth-order valence-electron chi connectivity index (χ4n) is 1.71. The first-order chi connectivity index (χ1) is 7.92. The number of hydrogen-bond acceptors (Lipinski definition) is 3. The number of ether oxygens (including phenoxy) is 1. The molecular weight excluding hydrogens is 239 g/mol. The van der Waals surface area contributed by atoms with E-state index < -0.39 is 12.8 Å². The predicted octanol–water partition coefficient (Wildman–Crippen LogP) is 0.796. The number of nitrogens with zero attached hydrogens (tertiary/aromatic N) is 1. The molecule has 1 amide bonds. The lowest BCUT2D eigenvalue weighted by Gasteiger charge is -2.16. The van der Waals surface area contributed by atoms with Gasteiger partial charge in [0.05, 0.1) is 13.0 Å². The number of carbonyl (C=O) groups excluding carboxylic acids is 1. The van der Waals surface area contributed by atoms with Crippen molar-refractivity contribution in [3.63, 3.8) is 0 Å². The van der Waals surface area contributed by atoms with Crippen LogP contribution in [0, 0.1) is 5.92 Å². The average Bonchev–Trinajstić information content (AvgIpc) is 2.71. The summed E-state index contributed by atoms with van der Waals surface area (Å²) in [5.74, 6) is -0.127. The maximum absolute atomic E-state index is 11.7. The van der Waals surface area contributed by atoms with Gasteiger partial charge in [-0.2, -0.15) is 13.2 Å². The van der Waals surface area contributed by atoms with Crippen molar-refractivity contribution in [3.05, 3.63) is 0 Å². The average molecular weight is 255 g/mol. The lowest BCUT2D eigenvalue weighted by Crippen LogP contribution is -2.30. The standard InChI is InChI=1S/C10H16F3NO3/c11-10(12,13)7-17-4-2-9(16)14-3-1-8(5-14)6-15/h8,15H,1-7H2. The van der Waals surface area contributed by atoms with E-state index in [0.29, 0.717) is 13.1 Å². The van der Waals surface area contributed by atoms with Crippen LogP contribution < -0.4 is 0 Å². The molecular formula is C10H16F3NO3. The van der Waals surface area contributed by atoms with Gasteiger partial charge in [-0.05, 0) is 6.42 Å². The summed E-state index contributed by atoms with van der Waals surface area (Å²) in [5.41, 5.74) is 0. The molecule has 7 heteroatoms. The Hall–Kier alpha value is -0.820. The Morgan fingerprint density at radius 1 is 1.47 bits per heavy atom. The highest BCUT2D eigenvalue weighted by molar-refractivity contribution is 5.76. The lowest BCUT2D eigenvalue weighted by atomic mass is 10.1. The molecule has 1 aliphatic rings. The third-order valence-electron chi connectivity index (χ3n) is 2.62. The van der Waals surface area contributed by atoms with Crippen LogP contribution in [0.4, 0.5) is 13.2 Å². The first kappa shape index (κ1) is 14.2. The monoisotopic (exact) mass is 255 g/mol.